The second-order valence-electron chi connectivity index (χ2n) is 10.7. The van der Waals surface area contributed by atoms with Gasteiger partial charge in [0.1, 0.15) is 0 Å². The summed E-state index contributed by atoms with van der Waals surface area (Å²) in [6, 6.07) is 0. The van der Waals surface area contributed by atoms with E-state index in [1.165, 1.54) is 148 Å². The molecule has 0 bridgehead atoms. The van der Waals surface area contributed by atoms with Crippen LogP contribution in [0.2, 0.25) is 0 Å². The average molecular weight is 545 g/mol. The lowest BCUT2D eigenvalue weighted by atomic mass is 10.1. The Balaban J connectivity index is 3.01. The first kappa shape index (κ1) is 36.9. The maximum atomic E-state index is 5.81. The molecule has 0 atom stereocenters. The Hall–Kier alpha value is -0.0900. The van der Waals surface area contributed by atoms with Gasteiger partial charge in [-0.3, -0.25) is 0 Å². The van der Waals surface area contributed by atoms with Gasteiger partial charge in [0, 0.05) is 45.5 Å². The number of ether oxygens (including phenoxy) is 3. The van der Waals surface area contributed by atoms with E-state index in [4.69, 9.17) is 25.8 Å². The molecule has 0 unspecified atom stereocenters. The number of hydrogen-bond acceptors (Lipinski definition) is 3. The van der Waals surface area contributed by atoms with Gasteiger partial charge in [-0.2, -0.15) is 0 Å². The van der Waals surface area contributed by atoms with Crippen LogP contribution in [-0.2, 0) is 14.2 Å². The van der Waals surface area contributed by atoms with E-state index in [0.29, 0.717) is 0 Å². The van der Waals surface area contributed by atoms with Gasteiger partial charge in [-0.1, -0.05) is 102 Å². The van der Waals surface area contributed by atoms with E-state index in [-0.39, 0.29) is 0 Å². The highest BCUT2D eigenvalue weighted by Gasteiger charge is 1.97. The zero-order valence-corrected chi connectivity index (χ0v) is 25.6. The third-order valence-corrected chi connectivity index (χ3v) is 7.29. The summed E-state index contributed by atoms with van der Waals surface area (Å²) in [6.07, 6.45) is 32.8. The Morgan fingerprint density at radius 1 is 0.351 bits per heavy atom. The van der Waals surface area contributed by atoms with Gasteiger partial charge >= 0.3 is 0 Å². The van der Waals surface area contributed by atoms with E-state index in [1.54, 1.807) is 0 Å². The zero-order chi connectivity index (χ0) is 26.7. The summed E-state index contributed by atoms with van der Waals surface area (Å²) >= 11 is 5.69. The van der Waals surface area contributed by atoms with Gasteiger partial charge in [0.2, 0.25) is 0 Å². The second kappa shape index (κ2) is 35.9. The van der Waals surface area contributed by atoms with Crippen LogP contribution in [0.25, 0.3) is 0 Å². The number of halogens is 1. The summed E-state index contributed by atoms with van der Waals surface area (Å²) in [5.74, 6) is 0.810. The molecule has 4 heteroatoms. The maximum Gasteiger partial charge on any atom is 0.0466 e. The predicted molar refractivity (Wildman–Crippen MR) is 164 cm³/mol. The number of alkyl halides is 1. The SMILES string of the molecule is C=CCCCCCCCCCOCCCCCCCCOCCCCCCOCCCCCCCCCl. The number of rotatable bonds is 34. The van der Waals surface area contributed by atoms with Crippen LogP contribution in [0.4, 0.5) is 0 Å². The molecule has 3 nitrogen and oxygen atoms in total. The summed E-state index contributed by atoms with van der Waals surface area (Å²) in [7, 11) is 0. The van der Waals surface area contributed by atoms with Crippen LogP contribution in [0.5, 0.6) is 0 Å². The molecule has 0 saturated heterocycles. The lowest BCUT2D eigenvalue weighted by Gasteiger charge is -2.06. The number of allylic oxidation sites excluding steroid dienone is 1. The Morgan fingerprint density at radius 3 is 0.865 bits per heavy atom. The molecular weight excluding hydrogens is 480 g/mol. The van der Waals surface area contributed by atoms with E-state index in [0.717, 1.165) is 51.9 Å². The lowest BCUT2D eigenvalue weighted by molar-refractivity contribution is 0.117. The lowest BCUT2D eigenvalue weighted by Crippen LogP contribution is -1.99. The Bertz CT molecular complexity index is 405. The molecule has 0 rings (SSSR count). The van der Waals surface area contributed by atoms with Crippen LogP contribution in [0.1, 0.15) is 154 Å². The van der Waals surface area contributed by atoms with E-state index in [9.17, 15) is 0 Å². The Kier molecular flexibility index (Phi) is 35.8. The predicted octanol–water partition coefficient (Wildman–Crippen LogP) is 10.8. The molecule has 0 radical (unpaired) electrons. The van der Waals surface area contributed by atoms with Gasteiger partial charge < -0.3 is 14.2 Å². The zero-order valence-electron chi connectivity index (χ0n) is 24.8. The highest BCUT2D eigenvalue weighted by molar-refractivity contribution is 6.17. The molecule has 0 aromatic carbocycles. The van der Waals surface area contributed by atoms with Crippen LogP contribution in [0, 0.1) is 0 Å². The van der Waals surface area contributed by atoms with E-state index < -0.39 is 0 Å². The van der Waals surface area contributed by atoms with Crippen molar-refractivity contribution in [2.45, 2.75) is 154 Å². The average Bonchev–Trinajstić information content (AvgIpc) is 2.91. The molecule has 0 aromatic heterocycles. The molecule has 0 N–H and O–H groups in total. The monoisotopic (exact) mass is 544 g/mol. The van der Waals surface area contributed by atoms with Crippen molar-refractivity contribution < 1.29 is 14.2 Å². The second-order valence-corrected chi connectivity index (χ2v) is 11.1. The molecule has 0 aliphatic carbocycles. The molecule has 222 valence electrons. The minimum absolute atomic E-state index is 0.810. The maximum absolute atomic E-state index is 5.81. The summed E-state index contributed by atoms with van der Waals surface area (Å²) in [5.41, 5.74) is 0. The summed E-state index contributed by atoms with van der Waals surface area (Å²) < 4.78 is 17.4. The first-order valence-corrected chi connectivity index (χ1v) is 16.9. The largest absolute Gasteiger partial charge is 0.381 e. The summed E-state index contributed by atoms with van der Waals surface area (Å²) in [6.45, 7) is 9.41. The normalized spacial score (nSPS) is 11.4. The van der Waals surface area contributed by atoms with E-state index in [1.807, 2.05) is 6.08 Å². The smallest absolute Gasteiger partial charge is 0.0466 e. The van der Waals surface area contributed by atoms with E-state index >= 15 is 0 Å². The fraction of sp³-hybridized carbons (Fsp3) is 0.939. The van der Waals surface area contributed by atoms with E-state index in [2.05, 4.69) is 6.58 Å². The quantitative estimate of drug-likeness (QED) is 0.0457. The molecule has 0 saturated carbocycles. The van der Waals surface area contributed by atoms with Crippen LogP contribution in [0.15, 0.2) is 12.7 Å². The van der Waals surface area contributed by atoms with Crippen molar-refractivity contribution in [3.63, 3.8) is 0 Å². The molecule has 37 heavy (non-hydrogen) atoms. The van der Waals surface area contributed by atoms with Crippen molar-refractivity contribution in [1.29, 1.82) is 0 Å². The first-order chi connectivity index (χ1) is 18.4. The topological polar surface area (TPSA) is 27.7 Å². The van der Waals surface area contributed by atoms with Gasteiger partial charge in [-0.05, 0) is 57.8 Å². The van der Waals surface area contributed by atoms with Gasteiger partial charge in [0.05, 0.1) is 0 Å². The third-order valence-electron chi connectivity index (χ3n) is 7.02. The van der Waals surface area contributed by atoms with Gasteiger partial charge in [-0.25, -0.2) is 0 Å². The van der Waals surface area contributed by atoms with Crippen molar-refractivity contribution in [2.24, 2.45) is 0 Å². The van der Waals surface area contributed by atoms with Crippen molar-refractivity contribution in [3.05, 3.63) is 12.7 Å². The third kappa shape index (κ3) is 35.9. The summed E-state index contributed by atoms with van der Waals surface area (Å²) in [5, 5.41) is 0. The summed E-state index contributed by atoms with van der Waals surface area (Å²) in [4.78, 5) is 0. The molecule has 0 spiro atoms. The van der Waals surface area contributed by atoms with Crippen LogP contribution >= 0.6 is 11.6 Å². The van der Waals surface area contributed by atoms with Crippen molar-refractivity contribution >= 4 is 11.6 Å². The molecule has 0 fully saturated rings. The van der Waals surface area contributed by atoms with Crippen molar-refractivity contribution in [1.82, 2.24) is 0 Å². The standard InChI is InChI=1S/C33H65ClO3/c1-2-3-4-5-6-7-9-14-21-28-35-30-23-16-11-12-17-24-31-37-33-26-19-18-25-32-36-29-22-15-10-8-13-20-27-34/h2H,1,3-33H2. The molecule has 0 aliphatic rings. The highest BCUT2D eigenvalue weighted by Crippen LogP contribution is 2.10. The molecule has 0 aliphatic heterocycles. The minimum atomic E-state index is 0.810. The molecule has 0 heterocycles. The van der Waals surface area contributed by atoms with Crippen LogP contribution in [0.3, 0.4) is 0 Å². The fourth-order valence-electron chi connectivity index (χ4n) is 4.57. The Labute approximate surface area is 237 Å². The van der Waals surface area contributed by atoms with Gasteiger partial charge in [0.15, 0.2) is 0 Å². The van der Waals surface area contributed by atoms with Gasteiger partial charge in [0.25, 0.3) is 0 Å². The van der Waals surface area contributed by atoms with Gasteiger partial charge in [-0.15, -0.1) is 18.2 Å². The van der Waals surface area contributed by atoms with Crippen molar-refractivity contribution in [2.75, 3.05) is 45.5 Å². The molecule has 0 amide bonds. The van der Waals surface area contributed by atoms with Crippen LogP contribution < -0.4 is 0 Å². The highest BCUT2D eigenvalue weighted by atomic mass is 35.5. The van der Waals surface area contributed by atoms with Crippen molar-refractivity contribution in [3.8, 4) is 0 Å². The molecular formula is C33H65ClO3. The number of hydrogen-bond donors (Lipinski definition) is 0. The first-order valence-electron chi connectivity index (χ1n) is 16.3. The Morgan fingerprint density at radius 2 is 0.595 bits per heavy atom. The van der Waals surface area contributed by atoms with Crippen LogP contribution in [-0.4, -0.2) is 45.5 Å². The fourth-order valence-corrected chi connectivity index (χ4v) is 4.75. The molecule has 0 aromatic rings. The number of unbranched alkanes of at least 4 members (excludes halogenated alkanes) is 20. The minimum Gasteiger partial charge on any atom is -0.381 e.